The van der Waals surface area contributed by atoms with Crippen molar-refractivity contribution in [2.24, 2.45) is 0 Å². The Kier molecular flexibility index (Phi) is 5.73. The van der Waals surface area contributed by atoms with Crippen molar-refractivity contribution in [2.45, 2.75) is 46.0 Å². The van der Waals surface area contributed by atoms with Gasteiger partial charge in [0.1, 0.15) is 11.3 Å². The van der Waals surface area contributed by atoms with Gasteiger partial charge in [0.25, 0.3) is 5.91 Å². The number of unbranched alkanes of at least 4 members (excludes halogenated alkanes) is 2. The molecule has 2 aromatic rings. The molecule has 6 nitrogen and oxygen atoms in total. The quantitative estimate of drug-likeness (QED) is 0.733. The topological polar surface area (TPSA) is 83.7 Å². The zero-order valence-corrected chi connectivity index (χ0v) is 13.6. The third-order valence-electron chi connectivity index (χ3n) is 3.82. The van der Waals surface area contributed by atoms with E-state index in [1.54, 1.807) is 0 Å². The van der Waals surface area contributed by atoms with Crippen molar-refractivity contribution in [1.29, 1.82) is 0 Å². The SMILES string of the molecule is CCc1nc2c(C)cccn2c1C(=O)NCCCCCC(=O)O. The lowest BCUT2D eigenvalue weighted by atomic mass is 10.2. The molecule has 0 aliphatic heterocycles. The molecule has 1 amide bonds. The number of aromatic nitrogens is 2. The smallest absolute Gasteiger partial charge is 0.303 e. The number of amides is 1. The summed E-state index contributed by atoms with van der Waals surface area (Å²) in [6, 6.07) is 3.89. The largest absolute Gasteiger partial charge is 0.481 e. The Bertz CT molecular complexity index is 706. The second kappa shape index (κ2) is 7.76. The highest BCUT2D eigenvalue weighted by molar-refractivity contribution is 5.94. The van der Waals surface area contributed by atoms with Crippen molar-refractivity contribution >= 4 is 17.5 Å². The Morgan fingerprint density at radius 3 is 2.78 bits per heavy atom. The molecular weight excluding hydrogens is 294 g/mol. The van der Waals surface area contributed by atoms with Crippen LogP contribution in [-0.4, -0.2) is 32.9 Å². The standard InChI is InChI=1S/C17H23N3O3/c1-3-13-15(20-11-7-8-12(2)16(20)19-13)17(23)18-10-6-4-5-9-14(21)22/h7-8,11H,3-6,9-10H2,1-2H3,(H,18,23)(H,21,22). The average Bonchev–Trinajstić information content (AvgIpc) is 2.90. The number of nitrogens with zero attached hydrogens (tertiary/aromatic N) is 2. The number of imidazole rings is 1. The van der Waals surface area contributed by atoms with Gasteiger partial charge >= 0.3 is 5.97 Å². The van der Waals surface area contributed by atoms with E-state index in [9.17, 15) is 9.59 Å². The van der Waals surface area contributed by atoms with Crippen LogP contribution in [0.3, 0.4) is 0 Å². The molecule has 0 spiro atoms. The fourth-order valence-electron chi connectivity index (χ4n) is 2.60. The maximum atomic E-state index is 12.5. The summed E-state index contributed by atoms with van der Waals surface area (Å²) in [5.41, 5.74) is 3.24. The van der Waals surface area contributed by atoms with Crippen LogP contribution in [0, 0.1) is 6.92 Å². The van der Waals surface area contributed by atoms with Gasteiger partial charge in [0.15, 0.2) is 0 Å². The van der Waals surface area contributed by atoms with Crippen LogP contribution >= 0.6 is 0 Å². The Balaban J connectivity index is 2.00. The van der Waals surface area contributed by atoms with Crippen LogP contribution in [0.25, 0.3) is 5.65 Å². The van der Waals surface area contributed by atoms with Gasteiger partial charge in [-0.05, 0) is 37.8 Å². The van der Waals surface area contributed by atoms with Crippen molar-refractivity contribution in [3.63, 3.8) is 0 Å². The summed E-state index contributed by atoms with van der Waals surface area (Å²) in [7, 11) is 0. The van der Waals surface area contributed by atoms with Crippen molar-refractivity contribution in [3.05, 3.63) is 35.3 Å². The molecule has 0 aliphatic rings. The molecule has 0 saturated heterocycles. The molecule has 2 N–H and O–H groups in total. The van der Waals surface area contributed by atoms with Gasteiger partial charge in [-0.2, -0.15) is 0 Å². The molecule has 0 fully saturated rings. The number of aliphatic carboxylic acids is 1. The van der Waals surface area contributed by atoms with Gasteiger partial charge in [-0.25, -0.2) is 4.98 Å². The van der Waals surface area contributed by atoms with Crippen LogP contribution in [0.2, 0.25) is 0 Å². The van der Waals surface area contributed by atoms with E-state index < -0.39 is 5.97 Å². The van der Waals surface area contributed by atoms with Crippen LogP contribution in [-0.2, 0) is 11.2 Å². The lowest BCUT2D eigenvalue weighted by Gasteiger charge is -2.07. The molecule has 2 aromatic heterocycles. The van der Waals surface area contributed by atoms with E-state index in [0.717, 1.165) is 29.7 Å². The summed E-state index contributed by atoms with van der Waals surface area (Å²) >= 11 is 0. The van der Waals surface area contributed by atoms with E-state index in [1.807, 2.05) is 36.6 Å². The number of aryl methyl sites for hydroxylation is 2. The first-order chi connectivity index (χ1) is 11.0. The van der Waals surface area contributed by atoms with Crippen LogP contribution in [0.4, 0.5) is 0 Å². The summed E-state index contributed by atoms with van der Waals surface area (Å²) in [5, 5.41) is 11.5. The first-order valence-electron chi connectivity index (χ1n) is 8.01. The fourth-order valence-corrected chi connectivity index (χ4v) is 2.60. The van der Waals surface area contributed by atoms with E-state index in [0.29, 0.717) is 25.1 Å². The number of carbonyl (C=O) groups is 2. The molecule has 0 aromatic carbocycles. The van der Waals surface area contributed by atoms with Gasteiger partial charge in [-0.15, -0.1) is 0 Å². The minimum atomic E-state index is -0.775. The zero-order valence-electron chi connectivity index (χ0n) is 13.6. The minimum absolute atomic E-state index is 0.127. The number of pyridine rings is 1. The van der Waals surface area contributed by atoms with Gasteiger partial charge in [-0.3, -0.25) is 14.0 Å². The molecule has 0 bridgehead atoms. The number of fused-ring (bicyclic) bond motifs is 1. The predicted molar refractivity (Wildman–Crippen MR) is 87.7 cm³/mol. The van der Waals surface area contributed by atoms with E-state index >= 15 is 0 Å². The molecule has 6 heteroatoms. The molecule has 2 rings (SSSR count). The fraction of sp³-hybridized carbons (Fsp3) is 0.471. The molecular formula is C17H23N3O3. The maximum Gasteiger partial charge on any atom is 0.303 e. The van der Waals surface area contributed by atoms with Gasteiger partial charge < -0.3 is 10.4 Å². The van der Waals surface area contributed by atoms with Gasteiger partial charge in [0.05, 0.1) is 5.69 Å². The molecule has 0 radical (unpaired) electrons. The van der Waals surface area contributed by atoms with Crippen molar-refractivity contribution in [2.75, 3.05) is 6.54 Å². The lowest BCUT2D eigenvalue weighted by Crippen LogP contribution is -2.26. The van der Waals surface area contributed by atoms with Crippen LogP contribution in [0.5, 0.6) is 0 Å². The first-order valence-corrected chi connectivity index (χ1v) is 8.01. The molecule has 2 heterocycles. The van der Waals surface area contributed by atoms with Gasteiger partial charge in [0, 0.05) is 19.2 Å². The van der Waals surface area contributed by atoms with E-state index in [2.05, 4.69) is 10.3 Å². The summed E-state index contributed by atoms with van der Waals surface area (Å²) in [6.45, 7) is 4.51. The summed E-state index contributed by atoms with van der Waals surface area (Å²) < 4.78 is 1.84. The highest BCUT2D eigenvalue weighted by atomic mass is 16.4. The van der Waals surface area contributed by atoms with E-state index in [4.69, 9.17) is 5.11 Å². The van der Waals surface area contributed by atoms with E-state index in [-0.39, 0.29) is 12.3 Å². The number of carboxylic acid groups (broad SMARTS) is 1. The Hall–Kier alpha value is -2.37. The third kappa shape index (κ3) is 4.09. The number of carboxylic acids is 1. The predicted octanol–water partition coefficient (Wildman–Crippen LogP) is 2.58. The number of nitrogens with one attached hydrogen (secondary N) is 1. The number of hydrogen-bond donors (Lipinski definition) is 2. The molecule has 0 atom stereocenters. The van der Waals surface area contributed by atoms with Crippen molar-refractivity contribution < 1.29 is 14.7 Å². The van der Waals surface area contributed by atoms with Gasteiger partial charge in [0.2, 0.25) is 0 Å². The molecule has 0 saturated carbocycles. The Morgan fingerprint density at radius 2 is 2.09 bits per heavy atom. The van der Waals surface area contributed by atoms with Crippen molar-refractivity contribution in [1.82, 2.24) is 14.7 Å². The normalized spacial score (nSPS) is 10.9. The monoisotopic (exact) mass is 317 g/mol. The molecule has 0 aliphatic carbocycles. The van der Waals surface area contributed by atoms with Crippen molar-refractivity contribution in [3.8, 4) is 0 Å². The Labute approximate surface area is 135 Å². The molecule has 0 unspecified atom stereocenters. The minimum Gasteiger partial charge on any atom is -0.481 e. The van der Waals surface area contributed by atoms with Gasteiger partial charge in [-0.1, -0.05) is 19.4 Å². The van der Waals surface area contributed by atoms with Crippen LogP contribution in [0.15, 0.2) is 18.3 Å². The van der Waals surface area contributed by atoms with E-state index in [1.165, 1.54) is 0 Å². The highest BCUT2D eigenvalue weighted by Gasteiger charge is 2.18. The molecule has 23 heavy (non-hydrogen) atoms. The highest BCUT2D eigenvalue weighted by Crippen LogP contribution is 2.16. The summed E-state index contributed by atoms with van der Waals surface area (Å²) in [4.78, 5) is 27.5. The summed E-state index contributed by atoms with van der Waals surface area (Å²) in [5.74, 6) is -0.902. The second-order valence-electron chi connectivity index (χ2n) is 5.61. The third-order valence-corrected chi connectivity index (χ3v) is 3.82. The lowest BCUT2D eigenvalue weighted by molar-refractivity contribution is -0.137. The second-order valence-corrected chi connectivity index (χ2v) is 5.61. The number of hydrogen-bond acceptors (Lipinski definition) is 3. The van der Waals surface area contributed by atoms with Crippen LogP contribution < -0.4 is 5.32 Å². The zero-order chi connectivity index (χ0) is 16.8. The Morgan fingerprint density at radius 1 is 1.30 bits per heavy atom. The summed E-state index contributed by atoms with van der Waals surface area (Å²) in [6.07, 6.45) is 4.94. The maximum absolute atomic E-state index is 12.5. The average molecular weight is 317 g/mol. The first kappa shape index (κ1) is 17.0. The molecule has 124 valence electrons. The number of carbonyl (C=O) groups excluding carboxylic acids is 1. The van der Waals surface area contributed by atoms with Crippen LogP contribution in [0.1, 0.15) is 54.4 Å². The number of rotatable bonds is 8.